The lowest BCUT2D eigenvalue weighted by Crippen LogP contribution is -2.24. The van der Waals surface area contributed by atoms with Gasteiger partial charge in [0.1, 0.15) is 5.75 Å². The molecule has 0 saturated carbocycles. The average Bonchev–Trinajstić information content (AvgIpc) is 2.60. The molecule has 1 amide bonds. The zero-order valence-corrected chi connectivity index (χ0v) is 14.6. The first-order valence-corrected chi connectivity index (χ1v) is 8.33. The lowest BCUT2D eigenvalue weighted by atomic mass is 10.1. The normalized spacial score (nSPS) is 10.2. The fourth-order valence-corrected chi connectivity index (χ4v) is 2.75. The van der Waals surface area contributed by atoms with Crippen LogP contribution >= 0.6 is 11.6 Å². The van der Waals surface area contributed by atoms with E-state index in [1.54, 1.807) is 19.3 Å². The number of ether oxygens (including phenoxy) is 1. The number of allylic oxidation sites excluding steroid dienone is 1. The Labute approximate surface area is 148 Å². The molecule has 0 saturated heterocycles. The number of hydrogen-bond donors (Lipinski definition) is 1. The molecule has 0 spiro atoms. The summed E-state index contributed by atoms with van der Waals surface area (Å²) in [6, 6.07) is 13.2. The van der Waals surface area contributed by atoms with Gasteiger partial charge in [-0.3, -0.25) is 4.79 Å². The van der Waals surface area contributed by atoms with Gasteiger partial charge in [-0.25, -0.2) is 0 Å². The highest BCUT2D eigenvalue weighted by molar-refractivity contribution is 6.31. The van der Waals surface area contributed by atoms with E-state index in [1.165, 1.54) is 0 Å². The zero-order chi connectivity index (χ0) is 17.4. The van der Waals surface area contributed by atoms with Crippen LogP contribution in [0.4, 0.5) is 0 Å². The number of rotatable bonds is 8. The monoisotopic (exact) mass is 343 g/mol. The van der Waals surface area contributed by atoms with E-state index < -0.39 is 0 Å². The smallest absolute Gasteiger partial charge is 0.251 e. The number of carbonyl (C=O) groups is 1. The van der Waals surface area contributed by atoms with Gasteiger partial charge in [0.05, 0.1) is 7.11 Å². The van der Waals surface area contributed by atoms with Gasteiger partial charge in [-0.05, 0) is 54.7 Å². The zero-order valence-electron chi connectivity index (χ0n) is 13.8. The van der Waals surface area contributed by atoms with Gasteiger partial charge in [-0.2, -0.15) is 0 Å². The Morgan fingerprint density at radius 2 is 2.04 bits per heavy atom. The maximum absolute atomic E-state index is 12.3. The summed E-state index contributed by atoms with van der Waals surface area (Å²) in [6.45, 7) is 4.34. The van der Waals surface area contributed by atoms with Crippen LogP contribution in [0.25, 0.3) is 0 Å². The molecule has 3 nitrogen and oxygen atoms in total. The molecule has 0 fully saturated rings. The van der Waals surface area contributed by atoms with Crippen LogP contribution in [0.3, 0.4) is 0 Å². The van der Waals surface area contributed by atoms with Gasteiger partial charge in [0.15, 0.2) is 0 Å². The summed E-state index contributed by atoms with van der Waals surface area (Å²) in [7, 11) is 1.62. The van der Waals surface area contributed by atoms with E-state index in [0.29, 0.717) is 18.5 Å². The molecule has 2 aromatic carbocycles. The molecule has 0 aliphatic carbocycles. The van der Waals surface area contributed by atoms with E-state index in [2.05, 4.69) is 11.9 Å². The maximum atomic E-state index is 12.3. The van der Waals surface area contributed by atoms with Crippen LogP contribution in [0.15, 0.2) is 55.1 Å². The van der Waals surface area contributed by atoms with Crippen LogP contribution in [-0.2, 0) is 12.8 Å². The highest BCUT2D eigenvalue weighted by Crippen LogP contribution is 2.21. The molecule has 126 valence electrons. The number of amides is 1. The van der Waals surface area contributed by atoms with Gasteiger partial charge in [-0.15, -0.1) is 6.58 Å². The minimum Gasteiger partial charge on any atom is -0.496 e. The number of carbonyl (C=O) groups excluding carboxylic acids is 1. The first kappa shape index (κ1) is 18.1. The molecule has 2 rings (SSSR count). The number of hydrogen-bond acceptors (Lipinski definition) is 2. The molecule has 0 bridgehead atoms. The van der Waals surface area contributed by atoms with Crippen LogP contribution in [0, 0.1) is 0 Å². The Morgan fingerprint density at radius 3 is 2.75 bits per heavy atom. The summed E-state index contributed by atoms with van der Waals surface area (Å²) in [4.78, 5) is 12.3. The third kappa shape index (κ3) is 4.87. The Kier molecular flexibility index (Phi) is 6.89. The van der Waals surface area contributed by atoms with Crippen molar-refractivity contribution in [2.75, 3.05) is 13.7 Å². The minimum absolute atomic E-state index is 0.0814. The van der Waals surface area contributed by atoms with E-state index in [1.807, 2.05) is 36.4 Å². The number of methoxy groups -OCH3 is 1. The highest BCUT2D eigenvalue weighted by Gasteiger charge is 2.09. The summed E-state index contributed by atoms with van der Waals surface area (Å²) < 4.78 is 5.30. The summed E-state index contributed by atoms with van der Waals surface area (Å²) in [5.74, 6) is 0.687. The highest BCUT2D eigenvalue weighted by atomic mass is 35.5. The van der Waals surface area contributed by atoms with Crippen molar-refractivity contribution < 1.29 is 9.53 Å². The molecule has 0 aliphatic rings. The van der Waals surface area contributed by atoms with Crippen molar-refractivity contribution in [3.63, 3.8) is 0 Å². The predicted octanol–water partition coefficient (Wildman–Crippen LogP) is 4.44. The van der Waals surface area contributed by atoms with Crippen molar-refractivity contribution >= 4 is 17.5 Å². The molecule has 1 N–H and O–H groups in total. The van der Waals surface area contributed by atoms with Gasteiger partial charge in [0, 0.05) is 17.1 Å². The third-order valence-corrected chi connectivity index (χ3v) is 4.14. The topological polar surface area (TPSA) is 38.3 Å². The van der Waals surface area contributed by atoms with Crippen LogP contribution < -0.4 is 10.1 Å². The van der Waals surface area contributed by atoms with Crippen molar-refractivity contribution in [2.45, 2.75) is 19.3 Å². The van der Waals surface area contributed by atoms with Gasteiger partial charge in [-0.1, -0.05) is 35.9 Å². The van der Waals surface area contributed by atoms with Crippen molar-refractivity contribution in [2.24, 2.45) is 0 Å². The molecule has 0 atom stereocenters. The molecule has 0 aliphatic heterocycles. The van der Waals surface area contributed by atoms with E-state index in [4.69, 9.17) is 16.3 Å². The standard InChI is InChI=1S/C20H22ClNO2/c1-3-7-16-14-17(11-12-19(16)24-2)20(23)22-13-6-9-15-8-4-5-10-18(15)21/h3-5,8,10-12,14H,1,6-7,9,13H2,2H3,(H,22,23). The summed E-state index contributed by atoms with van der Waals surface area (Å²) >= 11 is 6.13. The molecular weight excluding hydrogens is 322 g/mol. The summed E-state index contributed by atoms with van der Waals surface area (Å²) in [6.07, 6.45) is 4.13. The van der Waals surface area contributed by atoms with Gasteiger partial charge in [0.2, 0.25) is 0 Å². The second kappa shape index (κ2) is 9.14. The average molecular weight is 344 g/mol. The predicted molar refractivity (Wildman–Crippen MR) is 99.0 cm³/mol. The van der Waals surface area contributed by atoms with Crippen molar-refractivity contribution in [3.05, 3.63) is 76.8 Å². The largest absolute Gasteiger partial charge is 0.496 e. The molecule has 0 unspecified atom stereocenters. The van der Waals surface area contributed by atoms with Crippen LogP contribution in [0.2, 0.25) is 5.02 Å². The Balaban J connectivity index is 1.89. The third-order valence-electron chi connectivity index (χ3n) is 3.77. The Bertz CT molecular complexity index is 713. The molecule has 24 heavy (non-hydrogen) atoms. The quantitative estimate of drug-likeness (QED) is 0.568. The molecule has 4 heteroatoms. The lowest BCUT2D eigenvalue weighted by molar-refractivity contribution is 0.0953. The van der Waals surface area contributed by atoms with Gasteiger partial charge < -0.3 is 10.1 Å². The van der Waals surface area contributed by atoms with E-state index >= 15 is 0 Å². The first-order valence-electron chi connectivity index (χ1n) is 7.95. The van der Waals surface area contributed by atoms with Crippen LogP contribution in [0.1, 0.15) is 27.9 Å². The number of benzene rings is 2. The number of halogens is 1. The van der Waals surface area contributed by atoms with Gasteiger partial charge in [0.25, 0.3) is 5.91 Å². The van der Waals surface area contributed by atoms with E-state index in [0.717, 1.165) is 34.7 Å². The number of nitrogens with one attached hydrogen (secondary N) is 1. The molecule has 0 radical (unpaired) electrons. The van der Waals surface area contributed by atoms with Crippen LogP contribution in [-0.4, -0.2) is 19.6 Å². The fourth-order valence-electron chi connectivity index (χ4n) is 2.52. The molecule has 0 heterocycles. The maximum Gasteiger partial charge on any atom is 0.251 e. The molecule has 0 aromatic heterocycles. The minimum atomic E-state index is -0.0814. The second-order valence-electron chi connectivity index (χ2n) is 5.47. The lowest BCUT2D eigenvalue weighted by Gasteiger charge is -2.10. The van der Waals surface area contributed by atoms with Crippen molar-refractivity contribution in [1.82, 2.24) is 5.32 Å². The van der Waals surface area contributed by atoms with Crippen molar-refractivity contribution in [1.29, 1.82) is 0 Å². The second-order valence-corrected chi connectivity index (χ2v) is 5.88. The fraction of sp³-hybridized carbons (Fsp3) is 0.250. The number of aryl methyl sites for hydroxylation is 1. The summed E-state index contributed by atoms with van der Waals surface area (Å²) in [5, 5.41) is 3.72. The Morgan fingerprint density at radius 1 is 1.25 bits per heavy atom. The SMILES string of the molecule is C=CCc1cc(C(=O)NCCCc2ccccc2Cl)ccc1OC. The first-order chi connectivity index (χ1) is 11.7. The van der Waals surface area contributed by atoms with Crippen LogP contribution in [0.5, 0.6) is 5.75 Å². The van der Waals surface area contributed by atoms with Crippen molar-refractivity contribution in [3.8, 4) is 5.75 Å². The van der Waals surface area contributed by atoms with E-state index in [9.17, 15) is 4.79 Å². The Hall–Kier alpha value is -2.26. The molecule has 2 aromatic rings. The van der Waals surface area contributed by atoms with Gasteiger partial charge >= 0.3 is 0 Å². The summed E-state index contributed by atoms with van der Waals surface area (Å²) in [5.41, 5.74) is 2.69. The van der Waals surface area contributed by atoms with E-state index in [-0.39, 0.29) is 5.91 Å². The molecular formula is C20H22ClNO2.